The Kier molecular flexibility index (Phi) is 8.56. The van der Waals surface area contributed by atoms with Gasteiger partial charge in [0.05, 0.1) is 24.3 Å². The summed E-state index contributed by atoms with van der Waals surface area (Å²) in [7, 11) is 2.04. The number of nitrogens with one attached hydrogen (secondary N) is 2. The average molecular weight is 466 g/mol. The molecule has 0 aliphatic carbocycles. The van der Waals surface area contributed by atoms with Crippen LogP contribution in [0.1, 0.15) is 52.9 Å². The number of ether oxygens (including phenoxy) is 2. The molecule has 186 valence electrons. The molecule has 1 unspecified atom stereocenters. The molecule has 0 saturated carbocycles. The SMILES string of the molecule is CN1CCC(OC(=O)N2C[C@H](OC(C)(C)C)C[C@H]2C(=O)N[C@H](C#N)C[C@@H]2CCNC2O)CC1. The van der Waals surface area contributed by atoms with Gasteiger partial charge in [0, 0.05) is 25.4 Å². The van der Waals surface area contributed by atoms with Crippen LogP contribution in [0.3, 0.4) is 0 Å². The van der Waals surface area contributed by atoms with Crippen molar-refractivity contribution < 1.29 is 24.2 Å². The van der Waals surface area contributed by atoms with Gasteiger partial charge in [-0.1, -0.05) is 0 Å². The van der Waals surface area contributed by atoms with Crippen LogP contribution < -0.4 is 10.6 Å². The summed E-state index contributed by atoms with van der Waals surface area (Å²) in [5.74, 6) is -0.483. The van der Waals surface area contributed by atoms with Gasteiger partial charge in [-0.3, -0.25) is 15.0 Å². The van der Waals surface area contributed by atoms with E-state index in [9.17, 15) is 20.0 Å². The third kappa shape index (κ3) is 7.27. The maximum atomic E-state index is 13.2. The zero-order chi connectivity index (χ0) is 24.2. The summed E-state index contributed by atoms with van der Waals surface area (Å²) in [5.41, 5.74) is -0.416. The van der Waals surface area contributed by atoms with E-state index in [1.165, 1.54) is 4.90 Å². The number of likely N-dealkylation sites (tertiary alicyclic amines) is 2. The molecule has 3 fully saturated rings. The first-order valence-electron chi connectivity index (χ1n) is 12.0. The molecule has 0 aromatic rings. The quantitative estimate of drug-likeness (QED) is 0.526. The van der Waals surface area contributed by atoms with Crippen LogP contribution in [0.2, 0.25) is 0 Å². The van der Waals surface area contributed by atoms with Gasteiger partial charge in [0.1, 0.15) is 24.4 Å². The summed E-state index contributed by atoms with van der Waals surface area (Å²) in [6, 6.07) is 0.617. The van der Waals surface area contributed by atoms with E-state index in [1.54, 1.807) is 0 Å². The normalized spacial score (nSPS) is 30.1. The number of piperidine rings is 1. The van der Waals surface area contributed by atoms with Gasteiger partial charge in [-0.25, -0.2) is 4.79 Å². The predicted molar refractivity (Wildman–Crippen MR) is 121 cm³/mol. The highest BCUT2D eigenvalue weighted by atomic mass is 16.6. The maximum absolute atomic E-state index is 13.2. The highest BCUT2D eigenvalue weighted by Crippen LogP contribution is 2.27. The first-order chi connectivity index (χ1) is 15.6. The molecular weight excluding hydrogens is 426 g/mol. The van der Waals surface area contributed by atoms with Gasteiger partial charge in [0.2, 0.25) is 5.91 Å². The van der Waals surface area contributed by atoms with Gasteiger partial charge in [-0.15, -0.1) is 0 Å². The number of carbonyl (C=O) groups is 2. The number of nitrogens with zero attached hydrogens (tertiary/aromatic N) is 3. The molecule has 10 heteroatoms. The lowest BCUT2D eigenvalue weighted by atomic mass is 9.98. The van der Waals surface area contributed by atoms with E-state index in [-0.39, 0.29) is 30.6 Å². The molecule has 3 N–H and O–H groups in total. The Morgan fingerprint density at radius 1 is 1.24 bits per heavy atom. The Labute approximate surface area is 196 Å². The predicted octanol–water partition coefficient (Wildman–Crippen LogP) is 0.802. The highest BCUT2D eigenvalue weighted by Gasteiger charge is 2.43. The van der Waals surface area contributed by atoms with Crippen molar-refractivity contribution in [1.82, 2.24) is 20.4 Å². The van der Waals surface area contributed by atoms with Gasteiger partial charge in [0.15, 0.2) is 0 Å². The van der Waals surface area contributed by atoms with E-state index in [4.69, 9.17) is 9.47 Å². The lowest BCUT2D eigenvalue weighted by Gasteiger charge is -2.31. The number of nitriles is 1. The Hall–Kier alpha value is -1.93. The molecule has 10 nitrogen and oxygen atoms in total. The van der Waals surface area contributed by atoms with Crippen LogP contribution in [-0.2, 0) is 14.3 Å². The molecule has 0 aromatic heterocycles. The highest BCUT2D eigenvalue weighted by molar-refractivity contribution is 5.86. The third-order valence-electron chi connectivity index (χ3n) is 6.58. The third-order valence-corrected chi connectivity index (χ3v) is 6.58. The fourth-order valence-electron chi connectivity index (χ4n) is 4.85. The summed E-state index contributed by atoms with van der Waals surface area (Å²) in [6.45, 7) is 8.50. The van der Waals surface area contributed by atoms with Gasteiger partial charge < -0.3 is 24.8 Å². The van der Waals surface area contributed by atoms with Gasteiger partial charge in [-0.2, -0.15) is 5.26 Å². The van der Waals surface area contributed by atoms with Crippen LogP contribution in [0.15, 0.2) is 0 Å². The summed E-state index contributed by atoms with van der Waals surface area (Å²) >= 11 is 0. The number of aliphatic hydroxyl groups excluding tert-OH is 1. The molecule has 3 saturated heterocycles. The smallest absolute Gasteiger partial charge is 0.410 e. The fraction of sp³-hybridized carbons (Fsp3) is 0.870. The zero-order valence-corrected chi connectivity index (χ0v) is 20.2. The van der Waals surface area contributed by atoms with Crippen molar-refractivity contribution in [3.63, 3.8) is 0 Å². The molecule has 0 bridgehead atoms. The topological polar surface area (TPSA) is 127 Å². The Bertz CT molecular complexity index is 728. The molecular formula is C23H39N5O5. The second-order valence-corrected chi connectivity index (χ2v) is 10.5. The number of hydrogen-bond donors (Lipinski definition) is 3. The van der Waals surface area contributed by atoms with Gasteiger partial charge >= 0.3 is 6.09 Å². The molecule has 3 heterocycles. The van der Waals surface area contributed by atoms with E-state index in [2.05, 4.69) is 21.6 Å². The van der Waals surface area contributed by atoms with E-state index >= 15 is 0 Å². The first kappa shape index (κ1) is 25.7. The van der Waals surface area contributed by atoms with Crippen LogP contribution >= 0.6 is 0 Å². The zero-order valence-electron chi connectivity index (χ0n) is 20.2. The Morgan fingerprint density at radius 3 is 2.52 bits per heavy atom. The monoisotopic (exact) mass is 465 g/mol. The van der Waals surface area contributed by atoms with Crippen molar-refractivity contribution in [2.75, 3.05) is 33.2 Å². The molecule has 0 spiro atoms. The second-order valence-electron chi connectivity index (χ2n) is 10.5. The number of aliphatic hydroxyl groups is 1. The molecule has 2 amide bonds. The average Bonchev–Trinajstić information content (AvgIpc) is 3.34. The second kappa shape index (κ2) is 11.0. The van der Waals surface area contributed by atoms with Crippen molar-refractivity contribution in [3.8, 4) is 6.07 Å². The standard InChI is InChI=1S/C23H39N5O5/c1-23(2,3)33-18-12-19(21(30)26-16(13-24)11-15-5-8-25-20(15)29)28(14-18)22(31)32-17-6-9-27(4)10-7-17/h15-20,25,29H,5-12,14H2,1-4H3,(H,26,30)/t15-,16-,18+,19-,20?/m0/s1. The van der Waals surface area contributed by atoms with Crippen LogP contribution in [0.5, 0.6) is 0 Å². The molecule has 3 rings (SSSR count). The Balaban J connectivity index is 1.65. The summed E-state index contributed by atoms with van der Waals surface area (Å²) in [6.07, 6.45) is 1.34. The van der Waals surface area contributed by atoms with Gasteiger partial charge in [0.25, 0.3) is 0 Å². The van der Waals surface area contributed by atoms with E-state index < -0.39 is 30.0 Å². The number of rotatable bonds is 6. The van der Waals surface area contributed by atoms with E-state index in [0.29, 0.717) is 19.4 Å². The number of amides is 2. The minimum Gasteiger partial charge on any atom is -0.446 e. The molecule has 3 aliphatic rings. The lowest BCUT2D eigenvalue weighted by molar-refractivity contribution is -0.126. The van der Waals surface area contributed by atoms with Crippen LogP contribution in [-0.4, -0.2) is 96.3 Å². The minimum atomic E-state index is -0.765. The molecule has 33 heavy (non-hydrogen) atoms. The van der Waals surface area contributed by atoms with E-state index in [0.717, 1.165) is 32.4 Å². The summed E-state index contributed by atoms with van der Waals surface area (Å²) in [5, 5.41) is 25.3. The minimum absolute atomic E-state index is 0.0963. The van der Waals surface area contributed by atoms with Crippen LogP contribution in [0, 0.1) is 17.2 Å². The largest absolute Gasteiger partial charge is 0.446 e. The van der Waals surface area contributed by atoms with E-state index in [1.807, 2.05) is 27.8 Å². The number of carbonyl (C=O) groups excluding carboxylic acids is 2. The Morgan fingerprint density at radius 2 is 1.94 bits per heavy atom. The molecule has 0 radical (unpaired) electrons. The van der Waals surface area contributed by atoms with Crippen LogP contribution in [0.4, 0.5) is 4.79 Å². The van der Waals surface area contributed by atoms with Crippen LogP contribution in [0.25, 0.3) is 0 Å². The molecule has 5 atom stereocenters. The van der Waals surface area contributed by atoms with Crippen molar-refractivity contribution in [2.24, 2.45) is 5.92 Å². The number of hydrogen-bond acceptors (Lipinski definition) is 8. The van der Waals surface area contributed by atoms with Crippen molar-refractivity contribution >= 4 is 12.0 Å². The molecule has 3 aliphatic heterocycles. The van der Waals surface area contributed by atoms with Gasteiger partial charge in [-0.05, 0) is 60.0 Å². The summed E-state index contributed by atoms with van der Waals surface area (Å²) in [4.78, 5) is 29.9. The van der Waals surface area contributed by atoms with Crippen molar-refractivity contribution in [1.29, 1.82) is 5.26 Å². The van der Waals surface area contributed by atoms with Crippen molar-refractivity contribution in [2.45, 2.75) is 89.0 Å². The summed E-state index contributed by atoms with van der Waals surface area (Å²) < 4.78 is 11.8. The maximum Gasteiger partial charge on any atom is 0.410 e. The first-order valence-corrected chi connectivity index (χ1v) is 12.0. The lowest BCUT2D eigenvalue weighted by Crippen LogP contribution is -2.50. The fourth-order valence-corrected chi connectivity index (χ4v) is 4.85. The van der Waals surface area contributed by atoms with Crippen molar-refractivity contribution in [3.05, 3.63) is 0 Å². The molecule has 0 aromatic carbocycles.